The van der Waals surface area contributed by atoms with Crippen LogP contribution in [0.1, 0.15) is 18.7 Å². The number of rotatable bonds is 4. The Bertz CT molecular complexity index is 270. The van der Waals surface area contributed by atoms with Gasteiger partial charge in [0.25, 0.3) is 0 Å². The molecule has 1 heterocycles. The van der Waals surface area contributed by atoms with E-state index < -0.39 is 5.54 Å². The van der Waals surface area contributed by atoms with Gasteiger partial charge in [-0.1, -0.05) is 5.21 Å². The summed E-state index contributed by atoms with van der Waals surface area (Å²) in [6.45, 7) is 0.442. The number of nitrogens with two attached hydrogens (primary N) is 1. The van der Waals surface area contributed by atoms with Crippen LogP contribution in [-0.2, 0) is 10.3 Å². The summed E-state index contributed by atoms with van der Waals surface area (Å²) in [6.07, 6.45) is 2.24. The molecule has 3 N–H and O–H groups in total. The molecule has 1 fully saturated rings. The molecule has 0 spiro atoms. The van der Waals surface area contributed by atoms with Crippen LogP contribution in [0.25, 0.3) is 0 Å². The fraction of sp³-hybridized carbons (Fsp3) is 0.857. The maximum atomic E-state index is 6.17. The van der Waals surface area contributed by atoms with Gasteiger partial charge in [0.15, 0.2) is 5.82 Å². The molecule has 0 aliphatic heterocycles. The smallest absolute Gasteiger partial charge is 0.196 e. The average Bonchev–Trinajstić information content (AvgIpc) is 2.82. The van der Waals surface area contributed by atoms with E-state index in [1.54, 1.807) is 7.11 Å². The number of aromatic nitrogens is 4. The Morgan fingerprint density at radius 1 is 1.69 bits per heavy atom. The molecule has 6 nitrogen and oxygen atoms in total. The molecule has 0 radical (unpaired) electrons. The minimum atomic E-state index is -0.554. The second kappa shape index (κ2) is 3.04. The summed E-state index contributed by atoms with van der Waals surface area (Å²) in [4.78, 5) is 0. The summed E-state index contributed by atoms with van der Waals surface area (Å²) in [7, 11) is 1.63. The van der Waals surface area contributed by atoms with E-state index in [4.69, 9.17) is 10.5 Å². The summed E-state index contributed by atoms with van der Waals surface area (Å²) in [5.41, 5.74) is 5.62. The number of aromatic amines is 1. The van der Waals surface area contributed by atoms with Gasteiger partial charge in [0.05, 0.1) is 6.61 Å². The average molecular weight is 183 g/mol. The third-order valence-corrected chi connectivity index (χ3v) is 2.45. The Morgan fingerprint density at radius 2 is 2.46 bits per heavy atom. The van der Waals surface area contributed by atoms with Crippen LogP contribution in [0, 0.1) is 5.92 Å². The van der Waals surface area contributed by atoms with Gasteiger partial charge < -0.3 is 10.5 Å². The number of hydrogen-bond donors (Lipinski definition) is 2. The zero-order valence-electron chi connectivity index (χ0n) is 7.53. The molecule has 1 aliphatic carbocycles. The number of methoxy groups -OCH3 is 1. The second-order valence-corrected chi connectivity index (χ2v) is 3.48. The van der Waals surface area contributed by atoms with Crippen molar-refractivity contribution in [2.24, 2.45) is 11.7 Å². The van der Waals surface area contributed by atoms with Crippen molar-refractivity contribution in [3.05, 3.63) is 5.82 Å². The lowest BCUT2D eigenvalue weighted by Crippen LogP contribution is -2.44. The van der Waals surface area contributed by atoms with Crippen LogP contribution < -0.4 is 5.73 Å². The third kappa shape index (κ3) is 1.42. The lowest BCUT2D eigenvalue weighted by molar-refractivity contribution is 0.114. The maximum Gasteiger partial charge on any atom is 0.196 e. The van der Waals surface area contributed by atoms with Crippen LogP contribution >= 0.6 is 0 Å². The van der Waals surface area contributed by atoms with E-state index in [0.717, 1.165) is 12.8 Å². The van der Waals surface area contributed by atoms with Gasteiger partial charge in [-0.2, -0.15) is 5.21 Å². The van der Waals surface area contributed by atoms with Gasteiger partial charge in [0.1, 0.15) is 5.54 Å². The maximum absolute atomic E-state index is 6.17. The molecule has 0 bridgehead atoms. The Morgan fingerprint density at radius 3 is 2.92 bits per heavy atom. The lowest BCUT2D eigenvalue weighted by Gasteiger charge is -2.24. The Kier molecular flexibility index (Phi) is 2.01. The van der Waals surface area contributed by atoms with Gasteiger partial charge in [-0.15, -0.1) is 10.2 Å². The molecule has 6 heteroatoms. The summed E-state index contributed by atoms with van der Waals surface area (Å²) in [6, 6.07) is 0. The molecule has 0 aromatic carbocycles. The fourth-order valence-corrected chi connectivity index (χ4v) is 1.56. The third-order valence-electron chi connectivity index (χ3n) is 2.45. The molecule has 72 valence electrons. The van der Waals surface area contributed by atoms with Gasteiger partial charge in [-0.25, -0.2) is 0 Å². The summed E-state index contributed by atoms with van der Waals surface area (Å²) < 4.78 is 5.09. The first kappa shape index (κ1) is 8.58. The molecule has 1 unspecified atom stereocenters. The monoisotopic (exact) mass is 183 g/mol. The van der Waals surface area contributed by atoms with Crippen molar-refractivity contribution in [3.63, 3.8) is 0 Å². The SMILES string of the molecule is COCC(N)(c1nn[nH]n1)C1CC1. The van der Waals surface area contributed by atoms with Crippen LogP contribution in [0.15, 0.2) is 0 Å². The number of nitrogens with zero attached hydrogens (tertiary/aromatic N) is 3. The number of ether oxygens (including phenoxy) is 1. The molecule has 0 saturated heterocycles. The van der Waals surface area contributed by atoms with Gasteiger partial charge in [-0.3, -0.25) is 0 Å². The van der Waals surface area contributed by atoms with Gasteiger partial charge in [0, 0.05) is 7.11 Å². The Hall–Kier alpha value is -1.01. The van der Waals surface area contributed by atoms with E-state index in [2.05, 4.69) is 20.6 Å². The number of hydrogen-bond acceptors (Lipinski definition) is 5. The van der Waals surface area contributed by atoms with Crippen LogP contribution in [0.3, 0.4) is 0 Å². The highest BCUT2D eigenvalue weighted by molar-refractivity contribution is 5.09. The zero-order valence-corrected chi connectivity index (χ0v) is 7.53. The predicted molar refractivity (Wildman–Crippen MR) is 44.6 cm³/mol. The van der Waals surface area contributed by atoms with E-state index >= 15 is 0 Å². The lowest BCUT2D eigenvalue weighted by atomic mass is 9.95. The standard InChI is InChI=1S/C7H13N5O/c1-13-4-7(8,5-2-3-5)6-9-11-12-10-6/h5H,2-4,8H2,1H3,(H,9,10,11,12). The predicted octanol–water partition coefficient (Wildman–Crippen LogP) is -0.590. The van der Waals surface area contributed by atoms with Gasteiger partial charge >= 0.3 is 0 Å². The van der Waals surface area contributed by atoms with Crippen molar-refractivity contribution in [1.29, 1.82) is 0 Å². The van der Waals surface area contributed by atoms with Crippen LogP contribution in [0.2, 0.25) is 0 Å². The molecule has 1 aliphatic rings. The minimum absolute atomic E-state index is 0.435. The molecule has 1 saturated carbocycles. The molecule has 1 aromatic rings. The van der Waals surface area contributed by atoms with Crippen molar-refractivity contribution in [2.75, 3.05) is 13.7 Å². The largest absolute Gasteiger partial charge is 0.382 e. The van der Waals surface area contributed by atoms with E-state index in [-0.39, 0.29) is 0 Å². The van der Waals surface area contributed by atoms with Crippen molar-refractivity contribution in [1.82, 2.24) is 20.6 Å². The molecule has 1 aromatic heterocycles. The summed E-state index contributed by atoms with van der Waals surface area (Å²) in [5, 5.41) is 13.8. The van der Waals surface area contributed by atoms with Crippen LogP contribution in [0.4, 0.5) is 0 Å². The summed E-state index contributed by atoms with van der Waals surface area (Å²) >= 11 is 0. The molecule has 2 rings (SSSR count). The van der Waals surface area contributed by atoms with Crippen LogP contribution in [-0.4, -0.2) is 34.3 Å². The van der Waals surface area contributed by atoms with Crippen molar-refractivity contribution in [2.45, 2.75) is 18.4 Å². The fourth-order valence-electron chi connectivity index (χ4n) is 1.56. The quantitative estimate of drug-likeness (QED) is 0.651. The zero-order chi connectivity index (χ0) is 9.31. The number of nitrogens with one attached hydrogen (secondary N) is 1. The highest BCUT2D eigenvalue weighted by Gasteiger charge is 2.46. The minimum Gasteiger partial charge on any atom is -0.382 e. The number of tetrazole rings is 1. The van der Waals surface area contributed by atoms with E-state index in [0.29, 0.717) is 18.3 Å². The van der Waals surface area contributed by atoms with Gasteiger partial charge in [0.2, 0.25) is 0 Å². The van der Waals surface area contributed by atoms with Crippen molar-refractivity contribution < 1.29 is 4.74 Å². The van der Waals surface area contributed by atoms with Gasteiger partial charge in [-0.05, 0) is 18.8 Å². The first-order valence-electron chi connectivity index (χ1n) is 4.29. The first-order chi connectivity index (χ1) is 6.27. The van der Waals surface area contributed by atoms with Crippen LogP contribution in [0.5, 0.6) is 0 Å². The first-order valence-corrected chi connectivity index (χ1v) is 4.29. The Balaban J connectivity index is 2.22. The van der Waals surface area contributed by atoms with Crippen molar-refractivity contribution in [3.8, 4) is 0 Å². The number of H-pyrrole nitrogens is 1. The molecular formula is C7H13N5O. The highest BCUT2D eigenvalue weighted by atomic mass is 16.5. The van der Waals surface area contributed by atoms with E-state index in [9.17, 15) is 0 Å². The Labute approximate surface area is 75.8 Å². The second-order valence-electron chi connectivity index (χ2n) is 3.48. The topological polar surface area (TPSA) is 89.7 Å². The van der Waals surface area contributed by atoms with Crippen molar-refractivity contribution >= 4 is 0 Å². The highest BCUT2D eigenvalue weighted by Crippen LogP contribution is 2.42. The molecule has 13 heavy (non-hydrogen) atoms. The normalized spacial score (nSPS) is 21.4. The molecule has 1 atom stereocenters. The molecule has 0 amide bonds. The van der Waals surface area contributed by atoms with E-state index in [1.807, 2.05) is 0 Å². The van der Waals surface area contributed by atoms with E-state index in [1.165, 1.54) is 0 Å². The summed E-state index contributed by atoms with van der Waals surface area (Å²) in [5.74, 6) is 0.988. The molecular weight excluding hydrogens is 170 g/mol.